The Morgan fingerprint density at radius 1 is 1.19 bits per heavy atom. The van der Waals surface area contributed by atoms with Crippen LogP contribution < -0.4 is 4.74 Å². The van der Waals surface area contributed by atoms with Crippen molar-refractivity contribution in [2.24, 2.45) is 0 Å². The Bertz CT molecular complexity index is 893. The summed E-state index contributed by atoms with van der Waals surface area (Å²) in [5, 5.41) is 0. The molecule has 1 saturated heterocycles. The minimum atomic E-state index is -2.98. The maximum atomic E-state index is 15.0. The average Bonchev–Trinajstić information content (AvgIpc) is 2.64. The van der Waals surface area contributed by atoms with Gasteiger partial charge in [0.25, 0.3) is 5.92 Å². The van der Waals surface area contributed by atoms with Crippen LogP contribution in [-0.4, -0.2) is 47.8 Å². The number of aldehydes is 1. The van der Waals surface area contributed by atoms with E-state index in [1.54, 1.807) is 18.2 Å². The van der Waals surface area contributed by atoms with Crippen molar-refractivity contribution in [3.8, 4) is 16.9 Å². The minimum absolute atomic E-state index is 0.278. The average molecular weight is 376 g/mol. The molecule has 7 heteroatoms. The molecule has 2 aromatic rings. The predicted molar refractivity (Wildman–Crippen MR) is 93.8 cm³/mol. The van der Waals surface area contributed by atoms with Gasteiger partial charge >= 0.3 is 0 Å². The fourth-order valence-corrected chi connectivity index (χ4v) is 3.82. The van der Waals surface area contributed by atoms with Crippen molar-refractivity contribution >= 4 is 6.29 Å². The van der Waals surface area contributed by atoms with Gasteiger partial charge in [0, 0.05) is 49.7 Å². The molecule has 0 atom stereocenters. The number of nitrogens with zero attached hydrogens (tertiary/aromatic N) is 2. The first-order valence-electron chi connectivity index (χ1n) is 8.83. The zero-order valence-electron chi connectivity index (χ0n) is 14.8. The van der Waals surface area contributed by atoms with E-state index in [0.717, 1.165) is 0 Å². The Hall–Kier alpha value is -2.41. The Balaban J connectivity index is 1.68. The van der Waals surface area contributed by atoms with Crippen LogP contribution in [0.15, 0.2) is 30.5 Å². The van der Waals surface area contributed by atoms with E-state index in [1.165, 1.54) is 12.3 Å². The molecule has 0 radical (unpaired) electrons. The van der Waals surface area contributed by atoms with Crippen LogP contribution in [0.1, 0.15) is 28.9 Å². The van der Waals surface area contributed by atoms with Crippen LogP contribution in [0, 0.1) is 5.82 Å². The van der Waals surface area contributed by atoms with Gasteiger partial charge in [-0.1, -0.05) is 6.07 Å². The normalized spacial score (nSPS) is 20.7. The first kappa shape index (κ1) is 18.0. The molecule has 4 nitrogen and oxygen atoms in total. The minimum Gasteiger partial charge on any atom is -0.481 e. The Morgan fingerprint density at radius 2 is 1.93 bits per heavy atom. The van der Waals surface area contributed by atoms with Crippen LogP contribution in [0.25, 0.3) is 11.1 Å². The third kappa shape index (κ3) is 3.00. The third-order valence-electron chi connectivity index (χ3n) is 5.55. The highest BCUT2D eigenvalue weighted by Gasteiger charge is 2.59. The maximum absolute atomic E-state index is 15.0. The number of hydrogen-bond acceptors (Lipinski definition) is 4. The number of carbonyl (C=O) groups excluding carboxylic acids is 1. The number of fused-ring (bicyclic) bond motifs is 1. The number of aromatic nitrogens is 1. The summed E-state index contributed by atoms with van der Waals surface area (Å²) in [6.45, 7) is 1.13. The molecule has 1 spiro atoms. The van der Waals surface area contributed by atoms with Crippen LogP contribution >= 0.6 is 0 Å². The van der Waals surface area contributed by atoms with Gasteiger partial charge in [-0.15, -0.1) is 0 Å². The van der Waals surface area contributed by atoms with E-state index in [1.807, 2.05) is 11.9 Å². The molecule has 0 amide bonds. The van der Waals surface area contributed by atoms with E-state index in [0.29, 0.717) is 41.8 Å². The van der Waals surface area contributed by atoms with Crippen molar-refractivity contribution in [1.29, 1.82) is 0 Å². The molecular weight excluding hydrogens is 357 g/mol. The summed E-state index contributed by atoms with van der Waals surface area (Å²) in [5.41, 5.74) is -0.384. The van der Waals surface area contributed by atoms with Crippen LogP contribution in [0.2, 0.25) is 0 Å². The number of ether oxygens (including phenoxy) is 1. The quantitative estimate of drug-likeness (QED) is 0.749. The van der Waals surface area contributed by atoms with Gasteiger partial charge in [-0.05, 0) is 30.8 Å². The smallest absolute Gasteiger partial charge is 0.291 e. The summed E-state index contributed by atoms with van der Waals surface area (Å²) in [6, 6.07) is 6.12. The Labute approximate surface area is 155 Å². The van der Waals surface area contributed by atoms with Gasteiger partial charge < -0.3 is 9.64 Å². The molecule has 1 aromatic carbocycles. The van der Waals surface area contributed by atoms with E-state index in [4.69, 9.17) is 4.74 Å². The van der Waals surface area contributed by atoms with Gasteiger partial charge in [0.15, 0.2) is 17.7 Å². The van der Waals surface area contributed by atoms with E-state index >= 15 is 0 Å². The third-order valence-corrected chi connectivity index (χ3v) is 5.55. The molecule has 0 unspecified atom stereocenters. The lowest BCUT2D eigenvalue weighted by Crippen LogP contribution is -2.61. The molecule has 1 aromatic heterocycles. The highest BCUT2D eigenvalue weighted by Crippen LogP contribution is 2.48. The van der Waals surface area contributed by atoms with Gasteiger partial charge in [-0.2, -0.15) is 0 Å². The maximum Gasteiger partial charge on any atom is 0.291 e. The fourth-order valence-electron chi connectivity index (χ4n) is 3.82. The van der Waals surface area contributed by atoms with Crippen LogP contribution in [-0.2, 0) is 6.42 Å². The molecule has 0 aliphatic carbocycles. The molecule has 27 heavy (non-hydrogen) atoms. The molecule has 1 fully saturated rings. The van der Waals surface area contributed by atoms with Crippen molar-refractivity contribution in [1.82, 2.24) is 9.88 Å². The van der Waals surface area contributed by atoms with Crippen LogP contribution in [0.4, 0.5) is 13.2 Å². The lowest BCUT2D eigenvalue weighted by atomic mass is 9.79. The second-order valence-corrected chi connectivity index (χ2v) is 7.31. The standard InChI is InChI=1S/C20H19F3N2O2/c1-25-6-4-19(5-7-25)20(22,23)10-14-8-13(2-3-18(14)27-19)15-9-16(21)17(12-26)24-11-15/h2-3,8-9,11-12H,4-7,10H2,1H3. The number of alkyl halides is 2. The molecular formula is C20H19F3N2O2. The van der Waals surface area contributed by atoms with Gasteiger partial charge in [0.1, 0.15) is 11.4 Å². The largest absolute Gasteiger partial charge is 0.481 e. The van der Waals surface area contributed by atoms with Crippen molar-refractivity contribution in [3.63, 3.8) is 0 Å². The van der Waals surface area contributed by atoms with E-state index in [2.05, 4.69) is 4.98 Å². The lowest BCUT2D eigenvalue weighted by molar-refractivity contribution is -0.194. The zero-order chi connectivity index (χ0) is 19.2. The Morgan fingerprint density at radius 3 is 2.59 bits per heavy atom. The zero-order valence-corrected chi connectivity index (χ0v) is 14.8. The number of carbonyl (C=O) groups is 1. The molecule has 2 aliphatic rings. The number of halogens is 3. The molecule has 4 rings (SSSR count). The topological polar surface area (TPSA) is 42.4 Å². The van der Waals surface area contributed by atoms with E-state index in [-0.39, 0.29) is 18.5 Å². The van der Waals surface area contributed by atoms with Gasteiger partial charge in [-0.3, -0.25) is 4.79 Å². The SMILES string of the molecule is CN1CCC2(CC1)Oc1ccc(-c3cnc(C=O)c(F)c3)cc1CC2(F)F. The second-order valence-electron chi connectivity index (χ2n) is 7.31. The van der Waals surface area contributed by atoms with Gasteiger partial charge in [-0.25, -0.2) is 18.2 Å². The molecule has 0 saturated carbocycles. The van der Waals surface area contributed by atoms with E-state index in [9.17, 15) is 18.0 Å². The lowest BCUT2D eigenvalue weighted by Gasteiger charge is -2.48. The first-order chi connectivity index (χ1) is 12.8. The summed E-state index contributed by atoms with van der Waals surface area (Å²) < 4.78 is 49.7. The second kappa shape index (κ2) is 6.34. The first-order valence-corrected chi connectivity index (χ1v) is 8.83. The van der Waals surface area contributed by atoms with Crippen molar-refractivity contribution < 1.29 is 22.7 Å². The number of piperidine rings is 1. The molecule has 0 bridgehead atoms. The molecule has 2 aliphatic heterocycles. The molecule has 142 valence electrons. The van der Waals surface area contributed by atoms with E-state index < -0.39 is 23.8 Å². The fraction of sp³-hybridized carbons (Fsp3) is 0.400. The summed E-state index contributed by atoms with van der Waals surface area (Å²) in [5.74, 6) is -3.27. The van der Waals surface area contributed by atoms with Gasteiger partial charge in [0.05, 0.1) is 0 Å². The predicted octanol–water partition coefficient (Wildman–Crippen LogP) is 3.73. The Kier molecular flexibility index (Phi) is 4.22. The number of pyridine rings is 1. The summed E-state index contributed by atoms with van der Waals surface area (Å²) in [7, 11) is 1.91. The van der Waals surface area contributed by atoms with Crippen molar-refractivity contribution in [2.45, 2.75) is 30.8 Å². The van der Waals surface area contributed by atoms with Crippen LogP contribution in [0.5, 0.6) is 5.75 Å². The summed E-state index contributed by atoms with van der Waals surface area (Å²) in [4.78, 5) is 16.5. The number of benzene rings is 1. The van der Waals surface area contributed by atoms with Gasteiger partial charge in [0.2, 0.25) is 0 Å². The monoisotopic (exact) mass is 376 g/mol. The molecule has 0 N–H and O–H groups in total. The highest BCUT2D eigenvalue weighted by atomic mass is 19.3. The number of likely N-dealkylation sites (tertiary alicyclic amines) is 1. The number of rotatable bonds is 2. The highest BCUT2D eigenvalue weighted by molar-refractivity contribution is 5.74. The summed E-state index contributed by atoms with van der Waals surface area (Å²) in [6.07, 6.45) is 1.83. The van der Waals surface area contributed by atoms with Crippen LogP contribution in [0.3, 0.4) is 0 Å². The summed E-state index contributed by atoms with van der Waals surface area (Å²) >= 11 is 0. The van der Waals surface area contributed by atoms with Crippen molar-refractivity contribution in [2.75, 3.05) is 20.1 Å². The van der Waals surface area contributed by atoms with Crippen molar-refractivity contribution in [3.05, 3.63) is 47.5 Å². The number of hydrogen-bond donors (Lipinski definition) is 0. The molecule has 3 heterocycles.